The smallest absolute Gasteiger partial charge is 0.422 e. The average molecular weight is 472 g/mol. The van der Waals surface area contributed by atoms with Gasteiger partial charge in [-0.15, -0.1) is 0 Å². The topological polar surface area (TPSA) is 96.3 Å². The molecule has 1 saturated carbocycles. The van der Waals surface area contributed by atoms with Gasteiger partial charge in [0.05, 0.1) is 11.6 Å². The maximum absolute atomic E-state index is 13.0. The second-order valence-corrected chi connectivity index (χ2v) is 8.37. The van der Waals surface area contributed by atoms with Crippen molar-refractivity contribution in [2.45, 2.75) is 45.3 Å². The van der Waals surface area contributed by atoms with Crippen molar-refractivity contribution in [3.8, 4) is 11.8 Å². The maximum Gasteiger partial charge on any atom is 0.422 e. The number of nitrogens with zero attached hydrogens (tertiary/aromatic N) is 1. The summed E-state index contributed by atoms with van der Waals surface area (Å²) in [6, 6.07) is 11.5. The summed E-state index contributed by atoms with van der Waals surface area (Å²) in [5.74, 6) is -2.86. The molecule has 1 aliphatic rings. The Morgan fingerprint density at radius 3 is 2.32 bits per heavy atom. The Morgan fingerprint density at radius 2 is 1.76 bits per heavy atom. The minimum absolute atomic E-state index is 0.00713. The van der Waals surface area contributed by atoms with Crippen molar-refractivity contribution in [3.05, 3.63) is 64.2 Å². The van der Waals surface area contributed by atoms with E-state index in [-0.39, 0.29) is 42.6 Å². The highest BCUT2D eigenvalue weighted by Crippen LogP contribution is 2.38. The molecule has 0 bridgehead atoms. The van der Waals surface area contributed by atoms with Crippen LogP contribution in [0, 0.1) is 31.1 Å². The van der Waals surface area contributed by atoms with Crippen LogP contribution in [0.15, 0.2) is 36.4 Å². The average Bonchev–Trinajstić information content (AvgIpc) is 3.03. The van der Waals surface area contributed by atoms with Crippen LogP contribution in [0.5, 0.6) is 5.75 Å². The molecule has 2 unspecified atom stereocenters. The first-order chi connectivity index (χ1) is 16.0. The Kier molecular flexibility index (Phi) is 7.40. The van der Waals surface area contributed by atoms with Gasteiger partial charge in [-0.3, -0.25) is 14.4 Å². The van der Waals surface area contributed by atoms with Crippen molar-refractivity contribution in [3.63, 3.8) is 0 Å². The van der Waals surface area contributed by atoms with Crippen LogP contribution in [-0.4, -0.2) is 30.3 Å². The molecule has 1 fully saturated rings. The number of nitrogens with one attached hydrogen (secondary N) is 1. The number of ether oxygens (including phenoxy) is 1. The van der Waals surface area contributed by atoms with E-state index in [2.05, 4.69) is 5.32 Å². The summed E-state index contributed by atoms with van der Waals surface area (Å²) in [4.78, 5) is 38.1. The Bertz CT molecular complexity index is 1130. The first-order valence-electron chi connectivity index (χ1n) is 10.6. The van der Waals surface area contributed by atoms with Gasteiger partial charge in [-0.05, 0) is 60.4 Å². The van der Waals surface area contributed by atoms with E-state index in [4.69, 9.17) is 10.00 Å². The number of halogens is 3. The van der Waals surface area contributed by atoms with Gasteiger partial charge in [0.25, 0.3) is 0 Å². The minimum atomic E-state index is -4.48. The van der Waals surface area contributed by atoms with Crippen LogP contribution in [-0.2, 0) is 20.9 Å². The SMILES string of the molecule is Cc1cc(OCC(F)(F)F)cc(C)c1C1C(=O)CC(CC(=O)NCc2ccc(C#N)cc2)C1=O. The number of carbonyl (C=O) groups is 3. The summed E-state index contributed by atoms with van der Waals surface area (Å²) < 4.78 is 42.1. The molecule has 0 heterocycles. The third kappa shape index (κ3) is 6.01. The van der Waals surface area contributed by atoms with E-state index in [9.17, 15) is 27.6 Å². The van der Waals surface area contributed by atoms with Crippen molar-refractivity contribution in [1.82, 2.24) is 5.32 Å². The van der Waals surface area contributed by atoms with E-state index in [0.717, 1.165) is 5.56 Å². The number of rotatable bonds is 7. The Labute approximate surface area is 194 Å². The van der Waals surface area contributed by atoms with Crippen LogP contribution in [0.25, 0.3) is 0 Å². The van der Waals surface area contributed by atoms with Crippen molar-refractivity contribution in [1.29, 1.82) is 5.26 Å². The summed E-state index contributed by atoms with van der Waals surface area (Å²) in [5, 5.41) is 11.5. The number of hydrogen-bond donors (Lipinski definition) is 1. The molecular weight excluding hydrogens is 449 g/mol. The molecule has 0 spiro atoms. The summed E-state index contributed by atoms with van der Waals surface area (Å²) in [7, 11) is 0. The van der Waals surface area contributed by atoms with E-state index >= 15 is 0 Å². The highest BCUT2D eigenvalue weighted by molar-refractivity contribution is 6.15. The molecule has 1 aliphatic carbocycles. The fraction of sp³-hybridized carbons (Fsp3) is 0.360. The zero-order chi connectivity index (χ0) is 25.0. The van der Waals surface area contributed by atoms with Gasteiger partial charge in [0.15, 0.2) is 12.4 Å². The predicted octanol–water partition coefficient (Wildman–Crippen LogP) is 4.06. The van der Waals surface area contributed by atoms with E-state index in [1.54, 1.807) is 38.1 Å². The molecule has 9 heteroatoms. The molecule has 0 saturated heterocycles. The minimum Gasteiger partial charge on any atom is -0.484 e. The van der Waals surface area contributed by atoms with Gasteiger partial charge in [-0.25, -0.2) is 0 Å². The second-order valence-electron chi connectivity index (χ2n) is 8.37. The van der Waals surface area contributed by atoms with Crippen molar-refractivity contribution in [2.24, 2.45) is 5.92 Å². The molecule has 0 aliphatic heterocycles. The van der Waals surface area contributed by atoms with Crippen LogP contribution in [0.4, 0.5) is 13.2 Å². The third-order valence-corrected chi connectivity index (χ3v) is 5.72. The standard InChI is InChI=1S/C25H23F3N2O4/c1-14-7-19(34-13-25(26,27)28)8-15(2)22(14)23-20(31)9-18(24(23)33)10-21(32)30-12-17-5-3-16(11-29)4-6-17/h3-8,18,23H,9-10,12-13H2,1-2H3,(H,30,32). The molecule has 2 aromatic rings. The molecule has 2 aromatic carbocycles. The number of hydrogen-bond acceptors (Lipinski definition) is 5. The Hall–Kier alpha value is -3.67. The highest BCUT2D eigenvalue weighted by atomic mass is 19.4. The lowest BCUT2D eigenvalue weighted by Crippen LogP contribution is -2.27. The van der Waals surface area contributed by atoms with Gasteiger partial charge in [0, 0.05) is 25.3 Å². The van der Waals surface area contributed by atoms with Crippen LogP contribution in [0.2, 0.25) is 0 Å². The van der Waals surface area contributed by atoms with Gasteiger partial charge in [-0.1, -0.05) is 12.1 Å². The molecule has 2 atom stereocenters. The number of alkyl halides is 3. The third-order valence-electron chi connectivity index (χ3n) is 5.72. The van der Waals surface area contributed by atoms with Gasteiger partial charge >= 0.3 is 6.18 Å². The molecule has 178 valence electrons. The second kappa shape index (κ2) is 10.1. The van der Waals surface area contributed by atoms with Crippen LogP contribution in [0.1, 0.15) is 46.6 Å². The number of ketones is 2. The van der Waals surface area contributed by atoms with Gasteiger partial charge in [-0.2, -0.15) is 18.4 Å². The highest BCUT2D eigenvalue weighted by Gasteiger charge is 2.44. The van der Waals surface area contributed by atoms with E-state index in [1.807, 2.05) is 6.07 Å². The molecule has 0 radical (unpaired) electrons. The lowest BCUT2D eigenvalue weighted by Gasteiger charge is -2.18. The number of nitriles is 1. The number of aryl methyl sites for hydroxylation is 2. The lowest BCUT2D eigenvalue weighted by molar-refractivity contribution is -0.153. The molecule has 34 heavy (non-hydrogen) atoms. The number of Topliss-reactive ketones (excluding diaryl/α,β-unsaturated/α-hetero) is 2. The summed E-state index contributed by atoms with van der Waals surface area (Å²) in [6.45, 7) is 2.01. The summed E-state index contributed by atoms with van der Waals surface area (Å²) in [5.41, 5.74) is 2.71. The van der Waals surface area contributed by atoms with Gasteiger partial charge in [0.1, 0.15) is 17.5 Å². The number of carbonyl (C=O) groups excluding carboxylic acids is 3. The quantitative estimate of drug-likeness (QED) is 0.613. The molecular formula is C25H23F3N2O4. The molecule has 1 N–H and O–H groups in total. The zero-order valence-electron chi connectivity index (χ0n) is 18.7. The van der Waals surface area contributed by atoms with Crippen molar-refractivity contribution >= 4 is 17.5 Å². The fourth-order valence-corrected chi connectivity index (χ4v) is 4.16. The van der Waals surface area contributed by atoms with Crippen molar-refractivity contribution < 1.29 is 32.3 Å². The molecule has 1 amide bonds. The van der Waals surface area contributed by atoms with Crippen LogP contribution < -0.4 is 10.1 Å². The fourth-order valence-electron chi connectivity index (χ4n) is 4.16. The van der Waals surface area contributed by atoms with E-state index in [0.29, 0.717) is 22.3 Å². The molecule has 6 nitrogen and oxygen atoms in total. The normalized spacial score (nSPS) is 18.0. The van der Waals surface area contributed by atoms with E-state index < -0.39 is 24.6 Å². The van der Waals surface area contributed by atoms with Gasteiger partial charge in [0.2, 0.25) is 5.91 Å². The first kappa shape index (κ1) is 25.0. The lowest BCUT2D eigenvalue weighted by atomic mass is 9.87. The van der Waals surface area contributed by atoms with Gasteiger partial charge < -0.3 is 10.1 Å². The molecule has 0 aromatic heterocycles. The zero-order valence-corrected chi connectivity index (χ0v) is 18.7. The molecule has 3 rings (SSSR count). The summed E-state index contributed by atoms with van der Waals surface area (Å²) >= 11 is 0. The first-order valence-corrected chi connectivity index (χ1v) is 10.6. The predicted molar refractivity (Wildman–Crippen MR) is 116 cm³/mol. The van der Waals surface area contributed by atoms with E-state index in [1.165, 1.54) is 12.1 Å². The summed E-state index contributed by atoms with van der Waals surface area (Å²) in [6.07, 6.45) is -4.69. The largest absolute Gasteiger partial charge is 0.484 e. The Balaban J connectivity index is 1.65. The monoisotopic (exact) mass is 472 g/mol. The number of amides is 1. The maximum atomic E-state index is 13.0. The van der Waals surface area contributed by atoms with Crippen LogP contribution >= 0.6 is 0 Å². The number of benzene rings is 2. The Morgan fingerprint density at radius 1 is 1.15 bits per heavy atom. The van der Waals surface area contributed by atoms with Crippen LogP contribution in [0.3, 0.4) is 0 Å². The van der Waals surface area contributed by atoms with Crippen molar-refractivity contribution in [2.75, 3.05) is 6.61 Å².